The maximum atomic E-state index is 13.0. The number of piperidine rings is 3. The van der Waals surface area contributed by atoms with Gasteiger partial charge in [0.15, 0.2) is 0 Å². The molecule has 32 nitrogen and oxygen atoms in total. The van der Waals surface area contributed by atoms with Crippen molar-refractivity contribution < 1.29 is 23.9 Å². The summed E-state index contributed by atoms with van der Waals surface area (Å²) in [7, 11) is 2.09. The van der Waals surface area contributed by atoms with Gasteiger partial charge in [-0.2, -0.15) is 25.5 Å². The zero-order valence-electron chi connectivity index (χ0n) is 72.6. The Hall–Kier alpha value is -12.3. The number of hydrogen-bond acceptors (Lipinski definition) is 19. The van der Waals surface area contributed by atoms with Crippen LogP contribution in [0.2, 0.25) is 0 Å². The fraction of sp³-hybridized carbons (Fsp3) is 0.436. The standard InChI is InChI=1S/C21H27N5O2.C20H25N5O2.C20H24N4O3.C17H20N4O.C16H18N4O2/c1-14-18-19(24-23-14)16-6-3-4-7-17(16)26(21(18)28)11-5-10-22-20(27)15-8-12-25(2)13-9-15;1-13-17-18(24-23-13)15-7-2-3-8-16(15)25(20(17)27)11-5-10-22-19(26)14-6-4-9-21-12-14;1-13-17-18(23-22-13)15-5-2-3-6-16(15)24(20(17)26)10-4-9-21-19(25)14-7-11-27-12-8-14;1-11-15-16(20-19-11)13-4-2-3-5-14(13)21(17(15)22)10-12-6-8-18-9-7-12;1-10-14-15(19-18-10)12-4-2-3-5-13(12)20(16(14)21)9-11-8-17-6-7-22-11/h3-4,6-7,15H,5,8-13H2,1-2H3,(H,22,27)(H,23,24);2-3,7-8,14,21H,4-6,9-12H2,1H3,(H,22,26)(H,23,24);2-3,5-6,14H,4,7-12H2,1H3,(H,21,25)(H,22,23);2-5,12,18H,6-10H2,1H3,(H,19,20);2-5,11,17H,6-9H2,1H3,(H,18,19). The van der Waals surface area contributed by atoms with Crippen LogP contribution in [0.25, 0.3) is 109 Å². The van der Waals surface area contributed by atoms with Crippen molar-refractivity contribution in [3.05, 3.63) is 202 Å². The largest absolute Gasteiger partial charge is 0.381 e. The number of rotatable bonds is 19. The Labute approximate surface area is 725 Å². The van der Waals surface area contributed by atoms with E-state index in [-0.39, 0.29) is 69.4 Å². The number of amides is 3. The zero-order chi connectivity index (χ0) is 87.5. The summed E-state index contributed by atoms with van der Waals surface area (Å²) in [5.74, 6) is 1.14. The smallest absolute Gasteiger partial charge is 0.262 e. The van der Waals surface area contributed by atoms with Gasteiger partial charge in [0.1, 0.15) is 27.6 Å². The maximum absolute atomic E-state index is 13.0. The van der Waals surface area contributed by atoms with Crippen LogP contribution in [0.15, 0.2) is 145 Å². The molecule has 11 N–H and O–H groups in total. The van der Waals surface area contributed by atoms with Gasteiger partial charge in [-0.05, 0) is 181 Å². The molecule has 0 bridgehead atoms. The number of aryl methyl sites for hydroxylation is 8. The number of carbonyl (C=O) groups excluding carboxylic acids is 3. The topological polar surface area (TPSA) is 398 Å². The van der Waals surface area contributed by atoms with Crippen LogP contribution in [-0.2, 0) is 56.6 Å². The third-order valence-corrected chi connectivity index (χ3v) is 25.5. The van der Waals surface area contributed by atoms with Crippen LogP contribution in [0, 0.1) is 58.3 Å². The molecule has 0 aliphatic carbocycles. The highest BCUT2D eigenvalue weighted by atomic mass is 16.5. The normalized spacial score (nSPS) is 16.8. The number of carbonyl (C=O) groups is 3. The Morgan fingerprint density at radius 2 is 0.706 bits per heavy atom. The van der Waals surface area contributed by atoms with Crippen LogP contribution in [0.4, 0.5) is 0 Å². The number of aromatic amines is 5. The predicted molar refractivity (Wildman–Crippen MR) is 493 cm³/mol. The molecule has 126 heavy (non-hydrogen) atoms. The summed E-state index contributed by atoms with van der Waals surface area (Å²) in [4.78, 5) is 104. The van der Waals surface area contributed by atoms with Gasteiger partial charge in [-0.25, -0.2) is 0 Å². The predicted octanol–water partition coefficient (Wildman–Crippen LogP) is 9.21. The Bertz CT molecular complexity index is 6450. The maximum Gasteiger partial charge on any atom is 0.262 e. The Morgan fingerprint density at radius 3 is 1.06 bits per heavy atom. The number of pyridine rings is 5. The van der Waals surface area contributed by atoms with E-state index in [9.17, 15) is 38.4 Å². The van der Waals surface area contributed by atoms with Gasteiger partial charge in [0.05, 0.1) is 79.7 Å². The van der Waals surface area contributed by atoms with Gasteiger partial charge in [0.2, 0.25) is 17.7 Å². The summed E-state index contributed by atoms with van der Waals surface area (Å²) in [5, 5.41) is 63.6. The number of fused-ring (bicyclic) bond motifs is 15. The van der Waals surface area contributed by atoms with Gasteiger partial charge >= 0.3 is 0 Å². The minimum atomic E-state index is -0.0364. The summed E-state index contributed by atoms with van der Waals surface area (Å²) in [6.07, 6.45) is 9.78. The molecule has 5 fully saturated rings. The number of likely N-dealkylation sites (tertiary alicyclic amines) is 1. The molecule has 15 heterocycles. The lowest BCUT2D eigenvalue weighted by molar-refractivity contribution is -0.128. The molecule has 10 aromatic heterocycles. The molecule has 20 rings (SSSR count). The molecule has 5 aliphatic rings. The van der Waals surface area contributed by atoms with E-state index < -0.39 is 0 Å². The van der Waals surface area contributed by atoms with Crippen LogP contribution < -0.4 is 59.7 Å². The Morgan fingerprint density at radius 1 is 0.373 bits per heavy atom. The first-order chi connectivity index (χ1) is 61.4. The van der Waals surface area contributed by atoms with Gasteiger partial charge in [-0.3, -0.25) is 63.8 Å². The van der Waals surface area contributed by atoms with E-state index in [4.69, 9.17) is 9.47 Å². The second-order valence-electron chi connectivity index (χ2n) is 34.0. The summed E-state index contributed by atoms with van der Waals surface area (Å²) in [5.41, 5.74) is 12.2. The van der Waals surface area contributed by atoms with E-state index in [0.29, 0.717) is 112 Å². The first kappa shape index (κ1) is 87.2. The average Bonchev–Trinajstić information content (AvgIpc) is 1.57. The highest BCUT2D eigenvalue weighted by Crippen LogP contribution is 2.30. The fourth-order valence-corrected chi connectivity index (χ4v) is 18.6. The molecule has 3 amide bonds. The second kappa shape index (κ2) is 39.9. The van der Waals surface area contributed by atoms with Crippen LogP contribution >= 0.6 is 0 Å². The Balaban J connectivity index is 0.000000116. The minimum absolute atomic E-state index is 0.00544. The number of hydrogen-bond donors (Lipinski definition) is 11. The fourth-order valence-electron chi connectivity index (χ4n) is 18.6. The number of aromatic nitrogens is 15. The number of nitrogens with zero attached hydrogens (tertiary/aromatic N) is 11. The highest BCUT2D eigenvalue weighted by molar-refractivity contribution is 6.08. The molecule has 2 unspecified atom stereocenters. The SMILES string of the molecule is Cc1[nH]nc2c1c(=O)n(CC1CCNCC1)c1ccccc21.Cc1[nH]nc2c1c(=O)n(CC1CNCCO1)c1ccccc21.Cc1[nH]nc2c1c(=O)n(CCCNC(=O)C1CCCNC1)c1ccccc21.Cc1[nH]nc2c1c(=O)n(CCCNC(=O)C1CCN(C)CC1)c1ccccc21.Cc1[nH]nc2c1c(=O)n(CCCNC(=O)C1CCOCC1)c1ccccc21. The zero-order valence-corrected chi connectivity index (χ0v) is 72.6. The average molecular weight is 1710 g/mol. The van der Waals surface area contributed by atoms with Gasteiger partial charge in [-0.1, -0.05) is 91.0 Å². The molecular formula is C94H114N22O10. The van der Waals surface area contributed by atoms with Crippen molar-refractivity contribution in [1.29, 1.82) is 0 Å². The molecule has 32 heteroatoms. The number of H-pyrrole nitrogens is 5. The number of benzene rings is 5. The van der Waals surface area contributed by atoms with E-state index in [1.165, 1.54) is 0 Å². The van der Waals surface area contributed by atoms with Crippen LogP contribution in [0.5, 0.6) is 0 Å². The lowest BCUT2D eigenvalue weighted by atomic mass is 9.96. The number of ether oxygens (including phenoxy) is 2. The lowest BCUT2D eigenvalue weighted by Crippen LogP contribution is -2.42. The summed E-state index contributed by atoms with van der Waals surface area (Å²) >= 11 is 0. The molecule has 5 aromatic carbocycles. The second-order valence-corrected chi connectivity index (χ2v) is 34.0. The van der Waals surface area contributed by atoms with Crippen molar-refractivity contribution in [3.63, 3.8) is 0 Å². The number of nitrogens with one attached hydrogen (secondary N) is 11. The van der Waals surface area contributed by atoms with Crippen LogP contribution in [0.1, 0.15) is 99.1 Å². The summed E-state index contributed by atoms with van der Waals surface area (Å²) in [6, 6.07) is 39.5. The molecule has 660 valence electrons. The number of para-hydroxylation sites is 5. The molecule has 2 atom stereocenters. The van der Waals surface area contributed by atoms with E-state index in [1.807, 2.05) is 164 Å². The van der Waals surface area contributed by atoms with Crippen molar-refractivity contribution in [2.45, 2.75) is 144 Å². The first-order valence-electron chi connectivity index (χ1n) is 44.5. The summed E-state index contributed by atoms with van der Waals surface area (Å²) in [6.45, 7) is 23.5. The van der Waals surface area contributed by atoms with Crippen molar-refractivity contribution in [2.75, 3.05) is 98.9 Å². The van der Waals surface area contributed by atoms with E-state index in [0.717, 1.165) is 226 Å². The Kier molecular flexibility index (Phi) is 27.6. The van der Waals surface area contributed by atoms with Crippen LogP contribution in [0.3, 0.4) is 0 Å². The lowest BCUT2D eigenvalue weighted by Gasteiger charge is -2.28. The molecule has 15 aromatic rings. The minimum Gasteiger partial charge on any atom is -0.381 e. The van der Waals surface area contributed by atoms with Gasteiger partial charge in [-0.15, -0.1) is 0 Å². The van der Waals surface area contributed by atoms with Crippen molar-refractivity contribution in [2.24, 2.45) is 23.7 Å². The van der Waals surface area contributed by atoms with Crippen LogP contribution in [-0.4, -0.2) is 201 Å². The number of morpholine rings is 1. The van der Waals surface area contributed by atoms with E-state index in [2.05, 4.69) is 101 Å². The van der Waals surface area contributed by atoms with E-state index >= 15 is 0 Å². The van der Waals surface area contributed by atoms with Gasteiger partial charge < -0.3 is 69.1 Å². The highest BCUT2D eigenvalue weighted by Gasteiger charge is 2.28. The molecule has 5 aliphatic heterocycles. The third-order valence-electron chi connectivity index (χ3n) is 25.5. The quantitative estimate of drug-likeness (QED) is 0.0336. The summed E-state index contributed by atoms with van der Waals surface area (Å²) < 4.78 is 20.2. The molecule has 0 saturated carbocycles. The molecule has 0 radical (unpaired) electrons. The van der Waals surface area contributed by atoms with Gasteiger partial charge in [0, 0.05) is 146 Å². The van der Waals surface area contributed by atoms with Crippen molar-refractivity contribution >= 4 is 127 Å². The third kappa shape index (κ3) is 18.7. The molecular weight excluding hydrogens is 1600 g/mol. The van der Waals surface area contributed by atoms with E-state index in [1.54, 1.807) is 9.13 Å². The van der Waals surface area contributed by atoms with Crippen molar-refractivity contribution in [3.8, 4) is 0 Å². The molecule has 0 spiro atoms. The van der Waals surface area contributed by atoms with Crippen molar-refractivity contribution in [1.82, 2.24) is 111 Å². The first-order valence-corrected chi connectivity index (χ1v) is 44.5. The monoisotopic (exact) mass is 1710 g/mol. The van der Waals surface area contributed by atoms with Gasteiger partial charge in [0.25, 0.3) is 27.8 Å². The molecule has 5 saturated heterocycles.